The second-order valence-electron chi connectivity index (χ2n) is 6.28. The monoisotopic (exact) mass is 392 g/mol. The molecule has 2 aromatic rings. The van der Waals surface area contributed by atoms with Crippen LogP contribution in [0.5, 0.6) is 5.75 Å². The van der Waals surface area contributed by atoms with E-state index in [1.807, 2.05) is 42.5 Å². The average Bonchev–Trinajstić information content (AvgIpc) is 2.68. The summed E-state index contributed by atoms with van der Waals surface area (Å²) in [6.07, 6.45) is 0. The predicted molar refractivity (Wildman–Crippen MR) is 108 cm³/mol. The van der Waals surface area contributed by atoms with E-state index in [-0.39, 0.29) is 29.7 Å². The largest absolute Gasteiger partial charge is 0.484 e. The molecule has 0 aliphatic heterocycles. The van der Waals surface area contributed by atoms with E-state index in [1.165, 1.54) is 11.1 Å². The highest BCUT2D eigenvalue weighted by atomic mass is 35.5. The highest BCUT2D eigenvalue weighted by Crippen LogP contribution is 2.32. The molecule has 2 aromatic carbocycles. The number of carbonyl (C=O) groups excluding carboxylic acids is 1. The van der Waals surface area contributed by atoms with Crippen LogP contribution in [0.1, 0.15) is 25.0 Å². The minimum atomic E-state index is -0.369. The van der Waals surface area contributed by atoms with Gasteiger partial charge in [0.1, 0.15) is 5.75 Å². The first-order valence-corrected chi connectivity index (χ1v) is 9.29. The predicted octanol–water partition coefficient (Wildman–Crippen LogP) is 4.34. The van der Waals surface area contributed by atoms with Crippen LogP contribution in [0.25, 0.3) is 0 Å². The van der Waals surface area contributed by atoms with Crippen LogP contribution in [-0.4, -0.2) is 30.0 Å². The Balaban J connectivity index is 1.95. The number of hydrogen-bond donors (Lipinski definition) is 1. The summed E-state index contributed by atoms with van der Waals surface area (Å²) >= 11 is 11.2. The molecule has 1 N–H and O–H groups in total. The Hall–Kier alpha value is -2.04. The molecule has 138 valence electrons. The number of rotatable bonds is 8. The van der Waals surface area contributed by atoms with Crippen LogP contribution in [0, 0.1) is 0 Å². The van der Waals surface area contributed by atoms with Crippen LogP contribution in [0.2, 0.25) is 0 Å². The molecular weight excluding hydrogens is 371 g/mol. The molecular formula is C20H22Cl2N2O2. The van der Waals surface area contributed by atoms with E-state index in [0.29, 0.717) is 11.5 Å². The summed E-state index contributed by atoms with van der Waals surface area (Å²) in [5.74, 6) is 0.588. The van der Waals surface area contributed by atoms with Crippen LogP contribution >= 0.6 is 23.2 Å². The van der Waals surface area contributed by atoms with Crippen LogP contribution in [0.4, 0.5) is 0 Å². The van der Waals surface area contributed by atoms with Gasteiger partial charge in [-0.15, -0.1) is 23.2 Å². The minimum absolute atomic E-state index is 0.120. The lowest BCUT2D eigenvalue weighted by atomic mass is 9.78. The molecule has 6 heteroatoms. The van der Waals surface area contributed by atoms with E-state index in [0.717, 1.165) is 0 Å². The molecule has 2 rings (SSSR count). The maximum atomic E-state index is 11.7. The van der Waals surface area contributed by atoms with E-state index in [9.17, 15) is 4.79 Å². The average molecular weight is 393 g/mol. The normalized spacial score (nSPS) is 10.9. The fraction of sp³-hybridized carbons (Fsp3) is 0.300. The van der Waals surface area contributed by atoms with Crippen molar-refractivity contribution in [2.75, 3.05) is 18.4 Å². The van der Waals surface area contributed by atoms with E-state index < -0.39 is 0 Å². The second kappa shape index (κ2) is 9.60. The maximum Gasteiger partial charge on any atom is 0.277 e. The van der Waals surface area contributed by atoms with Gasteiger partial charge in [-0.2, -0.15) is 5.10 Å². The van der Waals surface area contributed by atoms with E-state index in [1.54, 1.807) is 0 Å². The van der Waals surface area contributed by atoms with Crippen LogP contribution in [0.3, 0.4) is 0 Å². The van der Waals surface area contributed by atoms with Crippen molar-refractivity contribution in [2.45, 2.75) is 19.3 Å². The summed E-state index contributed by atoms with van der Waals surface area (Å²) in [4.78, 5) is 11.7. The third-order valence-electron chi connectivity index (χ3n) is 4.09. The fourth-order valence-electron chi connectivity index (χ4n) is 2.41. The van der Waals surface area contributed by atoms with Crippen molar-refractivity contribution in [2.24, 2.45) is 5.10 Å². The summed E-state index contributed by atoms with van der Waals surface area (Å²) in [7, 11) is 0. The first kappa shape index (κ1) is 20.3. The van der Waals surface area contributed by atoms with Gasteiger partial charge in [0.05, 0.1) is 17.5 Å². The van der Waals surface area contributed by atoms with Crippen molar-refractivity contribution in [1.29, 1.82) is 0 Å². The summed E-state index contributed by atoms with van der Waals surface area (Å²) in [6.45, 7) is 4.22. The molecule has 0 saturated heterocycles. The summed E-state index contributed by atoms with van der Waals surface area (Å²) in [6, 6.07) is 18.1. The molecule has 0 radical (unpaired) electrons. The maximum absolute atomic E-state index is 11.7. The lowest BCUT2D eigenvalue weighted by molar-refractivity contribution is -0.123. The molecule has 0 aromatic heterocycles. The number of hydrogen-bond acceptors (Lipinski definition) is 3. The number of nitrogens with one attached hydrogen (secondary N) is 1. The van der Waals surface area contributed by atoms with Gasteiger partial charge in [0.25, 0.3) is 5.91 Å². The van der Waals surface area contributed by atoms with Gasteiger partial charge in [-0.25, -0.2) is 5.43 Å². The summed E-state index contributed by atoms with van der Waals surface area (Å²) in [5, 5.41) is 3.83. The first-order chi connectivity index (χ1) is 12.5. The number of benzene rings is 2. The van der Waals surface area contributed by atoms with Gasteiger partial charge >= 0.3 is 0 Å². The van der Waals surface area contributed by atoms with Crippen molar-refractivity contribution in [3.8, 4) is 5.75 Å². The SMILES string of the molecule is CC(C)(c1ccccc1)c1ccc(OCC(=O)NN=C(CCl)CCl)cc1. The number of carbonyl (C=O) groups is 1. The van der Waals surface area contributed by atoms with Crippen molar-refractivity contribution >= 4 is 34.8 Å². The molecule has 0 aliphatic rings. The molecule has 0 saturated carbocycles. The molecule has 0 atom stereocenters. The highest BCUT2D eigenvalue weighted by molar-refractivity contribution is 6.37. The van der Waals surface area contributed by atoms with Gasteiger partial charge < -0.3 is 4.74 Å². The first-order valence-electron chi connectivity index (χ1n) is 8.22. The van der Waals surface area contributed by atoms with Gasteiger partial charge in [-0.3, -0.25) is 4.79 Å². The van der Waals surface area contributed by atoms with Crippen LogP contribution < -0.4 is 10.2 Å². The van der Waals surface area contributed by atoms with E-state index in [2.05, 4.69) is 36.5 Å². The molecule has 0 aliphatic carbocycles. The van der Waals surface area contributed by atoms with Crippen LogP contribution in [0.15, 0.2) is 59.7 Å². The van der Waals surface area contributed by atoms with Crippen molar-refractivity contribution in [3.05, 3.63) is 65.7 Å². The Kier molecular flexibility index (Phi) is 7.49. The Bertz CT molecular complexity index is 738. The van der Waals surface area contributed by atoms with Crippen LogP contribution in [-0.2, 0) is 10.2 Å². The molecule has 4 nitrogen and oxygen atoms in total. The molecule has 0 fully saturated rings. The zero-order valence-corrected chi connectivity index (χ0v) is 16.3. The molecule has 1 amide bonds. The summed E-state index contributed by atoms with van der Waals surface area (Å²) in [5.41, 5.74) is 5.14. The number of halogens is 2. The van der Waals surface area contributed by atoms with Crippen molar-refractivity contribution in [1.82, 2.24) is 5.43 Å². The van der Waals surface area contributed by atoms with Gasteiger partial charge in [-0.1, -0.05) is 56.3 Å². The van der Waals surface area contributed by atoms with Crippen molar-refractivity contribution < 1.29 is 9.53 Å². The Morgan fingerprint density at radius 1 is 1.00 bits per heavy atom. The standard InChI is InChI=1S/C20H22Cl2N2O2/c1-20(2,15-6-4-3-5-7-15)16-8-10-18(11-9-16)26-14-19(25)24-23-17(12-21)13-22/h3-11H,12-14H2,1-2H3,(H,24,25). The quantitative estimate of drug-likeness (QED) is 0.412. The lowest BCUT2D eigenvalue weighted by Gasteiger charge is -2.26. The van der Waals surface area contributed by atoms with E-state index in [4.69, 9.17) is 27.9 Å². The Morgan fingerprint density at radius 3 is 2.15 bits per heavy atom. The molecule has 0 unspecified atom stereocenters. The lowest BCUT2D eigenvalue weighted by Crippen LogP contribution is -2.26. The Morgan fingerprint density at radius 2 is 1.58 bits per heavy atom. The molecule has 0 bridgehead atoms. The molecule has 0 spiro atoms. The zero-order chi connectivity index (χ0) is 19.0. The fourth-order valence-corrected chi connectivity index (χ4v) is 2.81. The van der Waals surface area contributed by atoms with Gasteiger partial charge in [-0.05, 0) is 23.3 Å². The Labute approximate surface area is 164 Å². The smallest absolute Gasteiger partial charge is 0.277 e. The minimum Gasteiger partial charge on any atom is -0.484 e. The number of nitrogens with zero attached hydrogens (tertiary/aromatic N) is 1. The number of hydrazone groups is 1. The zero-order valence-electron chi connectivity index (χ0n) is 14.8. The third-order valence-corrected chi connectivity index (χ3v) is 4.71. The number of ether oxygens (including phenoxy) is 1. The molecule has 26 heavy (non-hydrogen) atoms. The van der Waals surface area contributed by atoms with E-state index >= 15 is 0 Å². The topological polar surface area (TPSA) is 50.7 Å². The van der Waals surface area contributed by atoms with Gasteiger partial charge in [0, 0.05) is 5.41 Å². The number of amides is 1. The molecule has 0 heterocycles. The van der Waals surface area contributed by atoms with Gasteiger partial charge in [0.15, 0.2) is 6.61 Å². The third kappa shape index (κ3) is 5.48. The van der Waals surface area contributed by atoms with Gasteiger partial charge in [0.2, 0.25) is 0 Å². The second-order valence-corrected chi connectivity index (χ2v) is 6.82. The highest BCUT2D eigenvalue weighted by Gasteiger charge is 2.22. The summed E-state index contributed by atoms with van der Waals surface area (Å²) < 4.78 is 5.49. The number of alkyl halides is 2. The van der Waals surface area contributed by atoms with Crippen molar-refractivity contribution in [3.63, 3.8) is 0 Å².